The Balaban J connectivity index is 1.98. The number of aliphatic hydroxyl groups excluding tert-OH is 1. The molecule has 4 nitrogen and oxygen atoms in total. The van der Waals surface area contributed by atoms with Gasteiger partial charge in [0, 0.05) is 17.4 Å². The molecule has 2 aromatic rings. The maximum atomic E-state index is 12.6. The number of H-pyrrole nitrogens is 1. The molecule has 0 bridgehead atoms. The first-order chi connectivity index (χ1) is 9.61. The molecule has 1 fully saturated rings. The molecule has 1 atom stereocenters. The molecule has 0 aliphatic carbocycles. The summed E-state index contributed by atoms with van der Waals surface area (Å²) in [6.07, 6.45) is 1.86. The third-order valence-corrected chi connectivity index (χ3v) is 4.42. The van der Waals surface area contributed by atoms with Crippen molar-refractivity contribution in [2.75, 3.05) is 13.2 Å². The van der Waals surface area contributed by atoms with Crippen LogP contribution in [0.5, 0.6) is 0 Å². The Kier molecular flexibility index (Phi) is 3.26. The molecule has 106 valence electrons. The fraction of sp³-hybridized carbons (Fsp3) is 0.438. The van der Waals surface area contributed by atoms with Crippen molar-refractivity contribution in [3.63, 3.8) is 0 Å². The molecule has 1 aromatic heterocycles. The van der Waals surface area contributed by atoms with Crippen LogP contribution in [-0.4, -0.2) is 40.1 Å². The summed E-state index contributed by atoms with van der Waals surface area (Å²) < 4.78 is 0. The Bertz CT molecular complexity index is 660. The summed E-state index contributed by atoms with van der Waals surface area (Å²) in [5, 5.41) is 10.5. The number of benzene rings is 1. The smallest absolute Gasteiger partial charge is 0.270 e. The largest absolute Gasteiger partial charge is 0.394 e. The minimum atomic E-state index is -0.0308. The van der Waals surface area contributed by atoms with Gasteiger partial charge in [0.2, 0.25) is 0 Å². The number of aliphatic hydroxyl groups is 1. The molecule has 4 heteroatoms. The van der Waals surface area contributed by atoms with Crippen LogP contribution in [0.3, 0.4) is 0 Å². The van der Waals surface area contributed by atoms with Gasteiger partial charge in [0.15, 0.2) is 0 Å². The molecule has 0 radical (unpaired) electrons. The van der Waals surface area contributed by atoms with E-state index >= 15 is 0 Å². The highest BCUT2D eigenvalue weighted by Crippen LogP contribution is 2.25. The molecule has 3 rings (SSSR count). The van der Waals surface area contributed by atoms with Crippen molar-refractivity contribution < 1.29 is 9.90 Å². The van der Waals surface area contributed by atoms with Crippen LogP contribution in [-0.2, 0) is 0 Å². The molecule has 1 unspecified atom stereocenters. The molecule has 1 aliphatic heterocycles. The number of fused-ring (bicyclic) bond motifs is 1. The molecule has 20 heavy (non-hydrogen) atoms. The lowest BCUT2D eigenvalue weighted by molar-refractivity contribution is 0.0672. The zero-order valence-electron chi connectivity index (χ0n) is 11.9. The average molecular weight is 272 g/mol. The van der Waals surface area contributed by atoms with E-state index in [0.29, 0.717) is 5.69 Å². The van der Waals surface area contributed by atoms with Crippen molar-refractivity contribution in [2.24, 2.45) is 0 Å². The molecule has 0 spiro atoms. The first-order valence-electron chi connectivity index (χ1n) is 7.12. The topological polar surface area (TPSA) is 56.3 Å². The number of likely N-dealkylation sites (tertiary alicyclic amines) is 1. The predicted octanol–water partition coefficient (Wildman–Crippen LogP) is 2.38. The minimum absolute atomic E-state index is 0.00481. The lowest BCUT2D eigenvalue weighted by Crippen LogP contribution is -2.37. The maximum Gasteiger partial charge on any atom is 0.270 e. The first-order valence-corrected chi connectivity index (χ1v) is 7.12. The number of carbonyl (C=O) groups is 1. The van der Waals surface area contributed by atoms with Crippen LogP contribution in [0.25, 0.3) is 10.9 Å². The number of aromatic amines is 1. The number of nitrogens with one attached hydrogen (secondary N) is 1. The Labute approximate surface area is 118 Å². The molecule has 1 saturated heterocycles. The highest BCUT2D eigenvalue weighted by molar-refractivity contribution is 5.99. The van der Waals surface area contributed by atoms with Gasteiger partial charge in [-0.1, -0.05) is 6.07 Å². The predicted molar refractivity (Wildman–Crippen MR) is 78.9 cm³/mol. The van der Waals surface area contributed by atoms with E-state index in [2.05, 4.69) is 24.9 Å². The zero-order chi connectivity index (χ0) is 14.3. The molecule has 1 aliphatic rings. The fourth-order valence-electron chi connectivity index (χ4n) is 3.02. The monoisotopic (exact) mass is 272 g/mol. The molecule has 2 heterocycles. The van der Waals surface area contributed by atoms with Crippen molar-refractivity contribution in [3.8, 4) is 0 Å². The van der Waals surface area contributed by atoms with E-state index < -0.39 is 0 Å². The van der Waals surface area contributed by atoms with Gasteiger partial charge in [-0.15, -0.1) is 0 Å². The number of amides is 1. The Morgan fingerprint density at radius 1 is 1.45 bits per heavy atom. The SMILES string of the molecule is Cc1ccc2[nH]c(C(=O)N3CCCC3CO)cc2c1C. The van der Waals surface area contributed by atoms with Gasteiger partial charge < -0.3 is 15.0 Å². The molecular formula is C16H20N2O2. The number of aromatic nitrogens is 1. The number of aryl methyl sites for hydroxylation is 2. The van der Waals surface area contributed by atoms with Crippen LogP contribution in [0.1, 0.15) is 34.5 Å². The highest BCUT2D eigenvalue weighted by Gasteiger charge is 2.29. The Morgan fingerprint density at radius 3 is 3.00 bits per heavy atom. The van der Waals surface area contributed by atoms with Crippen molar-refractivity contribution in [3.05, 3.63) is 35.0 Å². The minimum Gasteiger partial charge on any atom is -0.394 e. The second-order valence-electron chi connectivity index (χ2n) is 5.63. The van der Waals surface area contributed by atoms with Crippen LogP contribution in [0.15, 0.2) is 18.2 Å². The van der Waals surface area contributed by atoms with E-state index in [1.165, 1.54) is 11.1 Å². The number of nitrogens with zero attached hydrogens (tertiary/aromatic N) is 1. The third-order valence-electron chi connectivity index (χ3n) is 4.42. The number of hydrogen-bond acceptors (Lipinski definition) is 2. The van der Waals surface area contributed by atoms with Crippen LogP contribution < -0.4 is 0 Å². The zero-order valence-corrected chi connectivity index (χ0v) is 11.9. The number of rotatable bonds is 2. The van der Waals surface area contributed by atoms with Crippen molar-refractivity contribution in [1.29, 1.82) is 0 Å². The summed E-state index contributed by atoms with van der Waals surface area (Å²) in [6.45, 7) is 4.93. The van der Waals surface area contributed by atoms with E-state index in [4.69, 9.17) is 0 Å². The Hall–Kier alpha value is -1.81. The van der Waals surface area contributed by atoms with Gasteiger partial charge in [-0.3, -0.25) is 4.79 Å². The van der Waals surface area contributed by atoms with E-state index in [1.54, 1.807) is 4.90 Å². The van der Waals surface area contributed by atoms with Gasteiger partial charge in [0.05, 0.1) is 12.6 Å². The summed E-state index contributed by atoms with van der Waals surface area (Å²) in [5.41, 5.74) is 4.05. The van der Waals surface area contributed by atoms with Crippen LogP contribution in [0.4, 0.5) is 0 Å². The fourth-order valence-corrected chi connectivity index (χ4v) is 3.02. The van der Waals surface area contributed by atoms with E-state index in [-0.39, 0.29) is 18.6 Å². The normalized spacial score (nSPS) is 18.9. The third kappa shape index (κ3) is 2.00. The van der Waals surface area contributed by atoms with E-state index in [1.807, 2.05) is 12.1 Å². The summed E-state index contributed by atoms with van der Waals surface area (Å²) in [7, 11) is 0. The molecule has 1 aromatic carbocycles. The van der Waals surface area contributed by atoms with Crippen molar-refractivity contribution in [1.82, 2.24) is 9.88 Å². The van der Waals surface area contributed by atoms with Crippen LogP contribution in [0.2, 0.25) is 0 Å². The van der Waals surface area contributed by atoms with Gasteiger partial charge in [0.1, 0.15) is 5.69 Å². The summed E-state index contributed by atoms with van der Waals surface area (Å²) in [5.74, 6) is -0.00481. The Morgan fingerprint density at radius 2 is 2.25 bits per heavy atom. The molecular weight excluding hydrogens is 252 g/mol. The second-order valence-corrected chi connectivity index (χ2v) is 5.63. The van der Waals surface area contributed by atoms with Crippen LogP contribution >= 0.6 is 0 Å². The van der Waals surface area contributed by atoms with Gasteiger partial charge in [0.25, 0.3) is 5.91 Å². The lowest BCUT2D eigenvalue weighted by Gasteiger charge is -2.22. The van der Waals surface area contributed by atoms with Gasteiger partial charge in [-0.05, 0) is 49.9 Å². The number of hydrogen-bond donors (Lipinski definition) is 2. The van der Waals surface area contributed by atoms with Gasteiger partial charge in [-0.2, -0.15) is 0 Å². The maximum absolute atomic E-state index is 12.6. The molecule has 0 saturated carbocycles. The average Bonchev–Trinajstić information content (AvgIpc) is 3.08. The first kappa shape index (κ1) is 13.2. The van der Waals surface area contributed by atoms with Crippen LogP contribution in [0, 0.1) is 13.8 Å². The molecule has 1 amide bonds. The van der Waals surface area contributed by atoms with Crippen molar-refractivity contribution in [2.45, 2.75) is 32.7 Å². The standard InChI is InChI=1S/C16H20N2O2/c1-10-5-6-14-13(11(10)2)8-15(17-14)16(20)18-7-3-4-12(18)9-19/h5-6,8,12,17,19H,3-4,7,9H2,1-2H3. The quantitative estimate of drug-likeness (QED) is 0.882. The summed E-state index contributed by atoms with van der Waals surface area (Å²) in [6, 6.07) is 5.99. The summed E-state index contributed by atoms with van der Waals surface area (Å²) >= 11 is 0. The van der Waals surface area contributed by atoms with E-state index in [9.17, 15) is 9.90 Å². The van der Waals surface area contributed by atoms with E-state index in [0.717, 1.165) is 30.3 Å². The molecule has 2 N–H and O–H groups in total. The second kappa shape index (κ2) is 4.94. The van der Waals surface area contributed by atoms with Gasteiger partial charge in [-0.25, -0.2) is 0 Å². The van der Waals surface area contributed by atoms with Crippen molar-refractivity contribution >= 4 is 16.8 Å². The highest BCUT2D eigenvalue weighted by atomic mass is 16.3. The summed E-state index contributed by atoms with van der Waals surface area (Å²) in [4.78, 5) is 17.6. The number of carbonyl (C=O) groups excluding carboxylic acids is 1. The lowest BCUT2D eigenvalue weighted by atomic mass is 10.1. The van der Waals surface area contributed by atoms with Gasteiger partial charge >= 0.3 is 0 Å².